The molecule has 112 valence electrons. The highest BCUT2D eigenvalue weighted by Gasteiger charge is 2.13. The Bertz CT molecular complexity index is 543. The number of nitrogens with one attached hydrogen (secondary N) is 1. The third-order valence-corrected chi connectivity index (χ3v) is 3.44. The van der Waals surface area contributed by atoms with Crippen molar-refractivity contribution in [3.63, 3.8) is 0 Å². The zero-order valence-electron chi connectivity index (χ0n) is 13.1. The van der Waals surface area contributed by atoms with E-state index < -0.39 is 0 Å². The summed E-state index contributed by atoms with van der Waals surface area (Å²) in [6.45, 7) is 8.35. The maximum atomic E-state index is 4.71. The van der Waals surface area contributed by atoms with Gasteiger partial charge in [-0.3, -0.25) is 4.98 Å². The van der Waals surface area contributed by atoms with Crippen LogP contribution in [0.15, 0.2) is 18.6 Å². The van der Waals surface area contributed by atoms with Crippen LogP contribution < -0.4 is 5.32 Å². The number of aromatic nitrogens is 4. The van der Waals surface area contributed by atoms with E-state index in [1.165, 1.54) is 5.56 Å². The first-order valence-electron chi connectivity index (χ1n) is 7.65. The van der Waals surface area contributed by atoms with E-state index in [4.69, 9.17) is 9.97 Å². The van der Waals surface area contributed by atoms with Crippen LogP contribution in [0.5, 0.6) is 0 Å². The Morgan fingerprint density at radius 3 is 2.24 bits per heavy atom. The van der Waals surface area contributed by atoms with Crippen LogP contribution in [-0.4, -0.2) is 33.0 Å². The van der Waals surface area contributed by atoms with E-state index >= 15 is 0 Å². The van der Waals surface area contributed by atoms with E-state index in [9.17, 15) is 0 Å². The summed E-state index contributed by atoms with van der Waals surface area (Å²) < 4.78 is 0. The molecule has 2 heterocycles. The van der Waals surface area contributed by atoms with Crippen molar-refractivity contribution in [3.8, 4) is 11.5 Å². The Balaban J connectivity index is 2.38. The second-order valence-corrected chi connectivity index (χ2v) is 4.82. The SMILES string of the molecule is CCNCCc1c(CC)nc(-c2cnccn2)nc1CC. The lowest BCUT2D eigenvalue weighted by molar-refractivity contribution is 0.702. The molecule has 0 aromatic carbocycles. The van der Waals surface area contributed by atoms with E-state index in [2.05, 4.69) is 36.1 Å². The van der Waals surface area contributed by atoms with Crippen LogP contribution in [0.25, 0.3) is 11.5 Å². The van der Waals surface area contributed by atoms with Crippen LogP contribution in [0.1, 0.15) is 37.7 Å². The molecule has 5 heteroatoms. The summed E-state index contributed by atoms with van der Waals surface area (Å²) in [6.07, 6.45) is 7.84. The number of rotatable bonds is 7. The fourth-order valence-electron chi connectivity index (χ4n) is 2.37. The summed E-state index contributed by atoms with van der Waals surface area (Å²) in [7, 11) is 0. The number of likely N-dealkylation sites (N-methyl/N-ethyl adjacent to an activating group) is 1. The molecular weight excluding hydrogens is 262 g/mol. The summed E-state index contributed by atoms with van der Waals surface area (Å²) in [5.41, 5.74) is 4.27. The van der Waals surface area contributed by atoms with Crippen molar-refractivity contribution in [1.82, 2.24) is 25.3 Å². The number of aryl methyl sites for hydroxylation is 2. The minimum absolute atomic E-state index is 0.684. The molecule has 5 nitrogen and oxygen atoms in total. The number of hydrogen-bond donors (Lipinski definition) is 1. The van der Waals surface area contributed by atoms with Crippen molar-refractivity contribution in [1.29, 1.82) is 0 Å². The van der Waals surface area contributed by atoms with Gasteiger partial charge in [0.2, 0.25) is 0 Å². The van der Waals surface area contributed by atoms with Crippen LogP contribution in [0.2, 0.25) is 0 Å². The lowest BCUT2D eigenvalue weighted by Crippen LogP contribution is -2.19. The molecule has 0 unspecified atom stereocenters. The fourth-order valence-corrected chi connectivity index (χ4v) is 2.37. The van der Waals surface area contributed by atoms with Gasteiger partial charge in [-0.05, 0) is 37.9 Å². The molecule has 0 saturated carbocycles. The minimum Gasteiger partial charge on any atom is -0.317 e. The van der Waals surface area contributed by atoms with Crippen LogP contribution in [0.4, 0.5) is 0 Å². The van der Waals surface area contributed by atoms with Crippen LogP contribution >= 0.6 is 0 Å². The zero-order valence-corrected chi connectivity index (χ0v) is 13.1. The second kappa shape index (κ2) is 7.78. The van der Waals surface area contributed by atoms with Gasteiger partial charge >= 0.3 is 0 Å². The molecule has 1 N–H and O–H groups in total. The van der Waals surface area contributed by atoms with Crippen LogP contribution in [-0.2, 0) is 19.3 Å². The molecule has 0 radical (unpaired) electrons. The van der Waals surface area contributed by atoms with Crippen LogP contribution in [0.3, 0.4) is 0 Å². The topological polar surface area (TPSA) is 63.6 Å². The summed E-state index contributed by atoms with van der Waals surface area (Å²) in [5.74, 6) is 0.684. The highest BCUT2D eigenvalue weighted by atomic mass is 14.9. The molecule has 2 aromatic rings. The molecular formula is C16H23N5. The smallest absolute Gasteiger partial charge is 0.180 e. The molecule has 0 aliphatic carbocycles. The van der Waals surface area contributed by atoms with Gasteiger partial charge in [0.15, 0.2) is 5.82 Å². The van der Waals surface area contributed by atoms with Gasteiger partial charge in [0.05, 0.1) is 6.20 Å². The van der Waals surface area contributed by atoms with Crippen molar-refractivity contribution in [2.45, 2.75) is 40.0 Å². The molecule has 2 rings (SSSR count). The van der Waals surface area contributed by atoms with Crippen molar-refractivity contribution in [3.05, 3.63) is 35.5 Å². The molecule has 0 aliphatic rings. The lowest BCUT2D eigenvalue weighted by Gasteiger charge is -2.13. The number of nitrogens with zero attached hydrogens (tertiary/aromatic N) is 4. The average Bonchev–Trinajstić information content (AvgIpc) is 2.55. The van der Waals surface area contributed by atoms with E-state index in [-0.39, 0.29) is 0 Å². The van der Waals surface area contributed by atoms with Gasteiger partial charge in [-0.1, -0.05) is 20.8 Å². The third kappa shape index (κ3) is 3.82. The standard InChI is InChI=1S/C16H23N5/c1-4-13-12(7-8-17-6-3)14(5-2)21-16(20-13)15-11-18-9-10-19-15/h9-11,17H,4-8H2,1-3H3. The Morgan fingerprint density at radius 2 is 1.71 bits per heavy atom. The fraction of sp³-hybridized carbons (Fsp3) is 0.500. The predicted octanol–water partition coefficient (Wildman–Crippen LogP) is 2.21. The summed E-state index contributed by atoms with van der Waals surface area (Å²) in [5, 5.41) is 3.37. The highest BCUT2D eigenvalue weighted by Crippen LogP contribution is 2.19. The van der Waals surface area contributed by atoms with Gasteiger partial charge in [-0.2, -0.15) is 0 Å². The second-order valence-electron chi connectivity index (χ2n) is 4.82. The van der Waals surface area contributed by atoms with Gasteiger partial charge in [-0.15, -0.1) is 0 Å². The van der Waals surface area contributed by atoms with Crippen molar-refractivity contribution in [2.24, 2.45) is 0 Å². The first kappa shape index (κ1) is 15.5. The Labute approximate surface area is 126 Å². The molecule has 21 heavy (non-hydrogen) atoms. The number of hydrogen-bond acceptors (Lipinski definition) is 5. The summed E-state index contributed by atoms with van der Waals surface area (Å²) in [4.78, 5) is 17.8. The van der Waals surface area contributed by atoms with Gasteiger partial charge in [0.25, 0.3) is 0 Å². The maximum absolute atomic E-state index is 4.71. The zero-order chi connectivity index (χ0) is 15.1. The van der Waals surface area contributed by atoms with Crippen molar-refractivity contribution in [2.75, 3.05) is 13.1 Å². The lowest BCUT2D eigenvalue weighted by atomic mass is 10.0. The van der Waals surface area contributed by atoms with E-state index in [1.807, 2.05) is 0 Å². The van der Waals surface area contributed by atoms with Gasteiger partial charge in [-0.25, -0.2) is 15.0 Å². The van der Waals surface area contributed by atoms with Gasteiger partial charge in [0, 0.05) is 23.8 Å². The summed E-state index contributed by atoms with van der Waals surface area (Å²) >= 11 is 0. The Morgan fingerprint density at radius 1 is 1.00 bits per heavy atom. The van der Waals surface area contributed by atoms with Gasteiger partial charge < -0.3 is 5.32 Å². The molecule has 0 fully saturated rings. The van der Waals surface area contributed by atoms with Gasteiger partial charge in [0.1, 0.15) is 5.69 Å². The average molecular weight is 285 g/mol. The summed E-state index contributed by atoms with van der Waals surface area (Å²) in [6, 6.07) is 0. The Kier molecular flexibility index (Phi) is 5.75. The normalized spacial score (nSPS) is 10.8. The van der Waals surface area contributed by atoms with E-state index in [0.29, 0.717) is 5.82 Å². The van der Waals surface area contributed by atoms with E-state index in [0.717, 1.165) is 49.4 Å². The third-order valence-electron chi connectivity index (χ3n) is 3.44. The Hall–Kier alpha value is -1.88. The molecule has 0 saturated heterocycles. The molecule has 0 bridgehead atoms. The van der Waals surface area contributed by atoms with Crippen molar-refractivity contribution >= 4 is 0 Å². The first-order valence-corrected chi connectivity index (χ1v) is 7.65. The predicted molar refractivity (Wildman–Crippen MR) is 84.1 cm³/mol. The van der Waals surface area contributed by atoms with Crippen LogP contribution in [0, 0.1) is 0 Å². The first-order chi connectivity index (χ1) is 10.3. The molecule has 0 spiro atoms. The molecule has 2 aromatic heterocycles. The molecule has 0 atom stereocenters. The molecule has 0 aliphatic heterocycles. The maximum Gasteiger partial charge on any atom is 0.180 e. The minimum atomic E-state index is 0.684. The van der Waals surface area contributed by atoms with Crippen molar-refractivity contribution < 1.29 is 0 Å². The quantitative estimate of drug-likeness (QED) is 0.790. The highest BCUT2D eigenvalue weighted by molar-refractivity contribution is 5.49. The largest absolute Gasteiger partial charge is 0.317 e. The molecule has 0 amide bonds. The monoisotopic (exact) mass is 285 g/mol. The van der Waals surface area contributed by atoms with E-state index in [1.54, 1.807) is 18.6 Å².